The summed E-state index contributed by atoms with van der Waals surface area (Å²) >= 11 is 0. The smallest absolute Gasteiger partial charge is 0.306 e. The van der Waals surface area contributed by atoms with E-state index in [9.17, 15) is 14.4 Å². The van der Waals surface area contributed by atoms with Crippen LogP contribution in [-0.4, -0.2) is 37.2 Å². The number of carbonyl (C=O) groups excluding carboxylic acids is 3. The lowest BCUT2D eigenvalue weighted by atomic mass is 10.0. The Labute approximate surface area is 451 Å². The lowest BCUT2D eigenvalue weighted by Gasteiger charge is -2.18. The molecule has 6 heteroatoms. The van der Waals surface area contributed by atoms with Crippen LogP contribution in [0.4, 0.5) is 0 Å². The second-order valence-corrected chi connectivity index (χ2v) is 20.2. The van der Waals surface area contributed by atoms with Crippen molar-refractivity contribution in [2.75, 3.05) is 13.2 Å². The van der Waals surface area contributed by atoms with E-state index >= 15 is 0 Å². The summed E-state index contributed by atoms with van der Waals surface area (Å²) < 4.78 is 16.8. The second kappa shape index (κ2) is 60.9. The molecule has 0 spiro atoms. The maximum absolute atomic E-state index is 12.9. The maximum Gasteiger partial charge on any atom is 0.306 e. The zero-order valence-electron chi connectivity index (χ0n) is 47.9. The van der Waals surface area contributed by atoms with Gasteiger partial charge in [-0.2, -0.15) is 0 Å². The molecular formula is C67H114O6. The number of rotatable bonds is 55. The Morgan fingerprint density at radius 1 is 0.288 bits per heavy atom. The molecule has 0 radical (unpaired) electrons. The van der Waals surface area contributed by atoms with Gasteiger partial charge >= 0.3 is 17.9 Å². The predicted octanol–water partition coefficient (Wildman–Crippen LogP) is 20.9. The minimum Gasteiger partial charge on any atom is -0.462 e. The number of carbonyl (C=O) groups is 3. The third-order valence-corrected chi connectivity index (χ3v) is 13.1. The molecule has 0 aliphatic carbocycles. The molecule has 0 fully saturated rings. The van der Waals surface area contributed by atoms with Gasteiger partial charge in [-0.15, -0.1) is 0 Å². The van der Waals surface area contributed by atoms with E-state index in [4.69, 9.17) is 14.2 Å². The van der Waals surface area contributed by atoms with Crippen LogP contribution < -0.4 is 0 Å². The summed E-state index contributed by atoms with van der Waals surface area (Å²) in [6, 6.07) is 0. The first-order valence-corrected chi connectivity index (χ1v) is 30.7. The molecule has 0 aromatic rings. The Hall–Kier alpha value is -3.67. The van der Waals surface area contributed by atoms with Crippen molar-refractivity contribution in [3.05, 3.63) is 97.2 Å². The molecule has 0 saturated carbocycles. The Morgan fingerprint density at radius 2 is 0.562 bits per heavy atom. The number of allylic oxidation sites excluding steroid dienone is 16. The number of esters is 3. The normalized spacial score (nSPS) is 12.8. The molecule has 0 bridgehead atoms. The van der Waals surface area contributed by atoms with E-state index in [0.717, 1.165) is 89.9 Å². The van der Waals surface area contributed by atoms with Crippen LogP contribution in [0.15, 0.2) is 97.2 Å². The van der Waals surface area contributed by atoms with E-state index in [0.29, 0.717) is 19.3 Å². The summed E-state index contributed by atoms with van der Waals surface area (Å²) in [5.41, 5.74) is 0. The van der Waals surface area contributed by atoms with Crippen LogP contribution in [0, 0.1) is 0 Å². The summed E-state index contributed by atoms with van der Waals surface area (Å²) in [7, 11) is 0. The first kappa shape index (κ1) is 69.3. The average Bonchev–Trinajstić information content (AvgIpc) is 3.39. The van der Waals surface area contributed by atoms with Crippen molar-refractivity contribution < 1.29 is 28.6 Å². The molecule has 0 aromatic carbocycles. The topological polar surface area (TPSA) is 78.9 Å². The molecular weight excluding hydrogens is 901 g/mol. The second-order valence-electron chi connectivity index (χ2n) is 20.2. The quantitative estimate of drug-likeness (QED) is 0.0261. The Morgan fingerprint density at radius 3 is 0.918 bits per heavy atom. The van der Waals surface area contributed by atoms with Crippen LogP contribution in [0.2, 0.25) is 0 Å². The van der Waals surface area contributed by atoms with Crippen molar-refractivity contribution in [3.63, 3.8) is 0 Å². The number of hydrogen-bond donors (Lipinski definition) is 0. The summed E-state index contributed by atoms with van der Waals surface area (Å²) in [5.74, 6) is -0.973. The Kier molecular flexibility index (Phi) is 57.8. The monoisotopic (exact) mass is 1010 g/mol. The van der Waals surface area contributed by atoms with Crippen molar-refractivity contribution in [1.29, 1.82) is 0 Å². The molecule has 0 heterocycles. The fraction of sp³-hybridized carbons (Fsp3) is 0.716. The van der Waals surface area contributed by atoms with Gasteiger partial charge in [-0.25, -0.2) is 0 Å². The minimum atomic E-state index is -0.804. The molecule has 0 saturated heterocycles. The van der Waals surface area contributed by atoms with E-state index in [1.807, 2.05) is 6.08 Å². The number of ether oxygens (including phenoxy) is 3. The van der Waals surface area contributed by atoms with Crippen molar-refractivity contribution in [2.45, 2.75) is 297 Å². The lowest BCUT2D eigenvalue weighted by Crippen LogP contribution is -2.30. The number of hydrogen-bond acceptors (Lipinski definition) is 6. The van der Waals surface area contributed by atoms with Gasteiger partial charge in [0.2, 0.25) is 0 Å². The molecule has 1 atom stereocenters. The fourth-order valence-electron chi connectivity index (χ4n) is 8.57. The highest BCUT2D eigenvalue weighted by Gasteiger charge is 2.19. The van der Waals surface area contributed by atoms with E-state index in [-0.39, 0.29) is 37.5 Å². The van der Waals surface area contributed by atoms with E-state index < -0.39 is 6.10 Å². The largest absolute Gasteiger partial charge is 0.462 e. The summed E-state index contributed by atoms with van der Waals surface area (Å²) in [6.45, 7) is 6.37. The van der Waals surface area contributed by atoms with Gasteiger partial charge in [-0.3, -0.25) is 14.4 Å². The Balaban J connectivity index is 4.28. The van der Waals surface area contributed by atoms with Gasteiger partial charge in [-0.1, -0.05) is 285 Å². The molecule has 6 nitrogen and oxygen atoms in total. The molecule has 0 amide bonds. The minimum absolute atomic E-state index is 0.0970. The SMILES string of the molecule is CC/C=C\C/C=C\C/C=C\C/C=C\CCCCCCCCCCCCCCCCC(=O)OCC(COC(=O)CC/C=C\C/C=C\C/C=C\C/C=C\CC)OC(=O)CCCCCCCCCCCCCCCCC. The predicted molar refractivity (Wildman–Crippen MR) is 316 cm³/mol. The molecule has 0 aromatic heterocycles. The van der Waals surface area contributed by atoms with Crippen LogP contribution in [0.1, 0.15) is 290 Å². The van der Waals surface area contributed by atoms with Crippen LogP contribution in [0.3, 0.4) is 0 Å². The zero-order valence-corrected chi connectivity index (χ0v) is 47.9. The lowest BCUT2D eigenvalue weighted by molar-refractivity contribution is -0.166. The van der Waals surface area contributed by atoms with Gasteiger partial charge in [0, 0.05) is 19.3 Å². The first-order valence-electron chi connectivity index (χ1n) is 30.7. The van der Waals surface area contributed by atoms with Crippen LogP contribution in [0.5, 0.6) is 0 Å². The van der Waals surface area contributed by atoms with Crippen LogP contribution >= 0.6 is 0 Å². The van der Waals surface area contributed by atoms with E-state index in [1.54, 1.807) is 0 Å². The van der Waals surface area contributed by atoms with Crippen molar-refractivity contribution in [1.82, 2.24) is 0 Å². The molecule has 0 rings (SSSR count). The molecule has 0 aliphatic rings. The highest BCUT2D eigenvalue weighted by molar-refractivity contribution is 5.71. The standard InChI is InChI=1S/C67H114O6/c1-4-7-10-13-16-19-22-25-27-28-29-30-31-32-33-34-35-36-37-38-40-42-45-48-51-54-57-60-66(69)72-63-64(62-71-65(68)59-56-53-50-47-44-41-24-21-18-15-12-9-6-3)73-67(70)61-58-55-52-49-46-43-39-26-23-20-17-14-11-8-5-2/h7,9-10,12,16,18-19,21,25,27,29-30,41,44,50,53,64H,4-6,8,11,13-15,17,20,22-24,26,28,31-40,42-43,45-49,51-52,54-63H2,1-3H3/b10-7-,12-9-,19-16-,21-18-,27-25-,30-29-,44-41-,53-50-. The van der Waals surface area contributed by atoms with Gasteiger partial charge in [0.25, 0.3) is 0 Å². The summed E-state index contributed by atoms with van der Waals surface area (Å²) in [5, 5.41) is 0. The van der Waals surface area contributed by atoms with Gasteiger partial charge in [-0.05, 0) is 83.5 Å². The molecule has 73 heavy (non-hydrogen) atoms. The van der Waals surface area contributed by atoms with Crippen molar-refractivity contribution in [3.8, 4) is 0 Å². The third-order valence-electron chi connectivity index (χ3n) is 13.1. The van der Waals surface area contributed by atoms with Crippen molar-refractivity contribution >= 4 is 17.9 Å². The molecule has 1 unspecified atom stereocenters. The van der Waals surface area contributed by atoms with Crippen molar-refractivity contribution in [2.24, 2.45) is 0 Å². The van der Waals surface area contributed by atoms with Gasteiger partial charge in [0.15, 0.2) is 6.10 Å². The van der Waals surface area contributed by atoms with Gasteiger partial charge < -0.3 is 14.2 Å². The maximum atomic E-state index is 12.9. The zero-order chi connectivity index (χ0) is 52.9. The molecule has 0 N–H and O–H groups in total. The third kappa shape index (κ3) is 59.1. The summed E-state index contributed by atoms with van der Waals surface area (Å²) in [4.78, 5) is 38.2. The molecule has 418 valence electrons. The number of unbranched alkanes of at least 4 members (excludes halogenated alkanes) is 28. The van der Waals surface area contributed by atoms with Gasteiger partial charge in [0.05, 0.1) is 0 Å². The Bertz CT molecular complexity index is 1440. The average molecular weight is 1020 g/mol. The van der Waals surface area contributed by atoms with Crippen LogP contribution in [0.25, 0.3) is 0 Å². The molecule has 0 aliphatic heterocycles. The highest BCUT2D eigenvalue weighted by Crippen LogP contribution is 2.17. The summed E-state index contributed by atoms with van der Waals surface area (Å²) in [6.07, 6.45) is 81.5. The van der Waals surface area contributed by atoms with Gasteiger partial charge in [0.1, 0.15) is 13.2 Å². The van der Waals surface area contributed by atoms with Crippen LogP contribution in [-0.2, 0) is 28.6 Å². The highest BCUT2D eigenvalue weighted by atomic mass is 16.6. The van der Waals surface area contributed by atoms with E-state index in [1.165, 1.54) is 154 Å². The fourth-order valence-corrected chi connectivity index (χ4v) is 8.57. The van der Waals surface area contributed by atoms with E-state index in [2.05, 4.69) is 112 Å². The first-order chi connectivity index (χ1) is 36.0.